The summed E-state index contributed by atoms with van der Waals surface area (Å²) in [4.78, 5) is 48.5. The third-order valence-corrected chi connectivity index (χ3v) is 4.99. The zero-order valence-electron chi connectivity index (χ0n) is 22.9. The SMILES string of the molecule is CCC(C)OC(=O)O[C@@H](C)COC(=O)[C@@H](N)Cc1ccc(OC(=O)CC(C)C)c(OC(=O)CC(C)C)c1. The summed E-state index contributed by atoms with van der Waals surface area (Å²) in [6.45, 7) is 12.5. The van der Waals surface area contributed by atoms with Gasteiger partial charge in [-0.05, 0) is 56.2 Å². The topological polar surface area (TPSA) is 140 Å². The van der Waals surface area contributed by atoms with Crippen LogP contribution in [0.2, 0.25) is 0 Å². The van der Waals surface area contributed by atoms with E-state index >= 15 is 0 Å². The molecule has 10 heteroatoms. The average molecular weight is 524 g/mol. The van der Waals surface area contributed by atoms with Crippen LogP contribution in [0.3, 0.4) is 0 Å². The molecule has 2 N–H and O–H groups in total. The molecule has 37 heavy (non-hydrogen) atoms. The Morgan fingerprint density at radius 2 is 1.35 bits per heavy atom. The van der Waals surface area contributed by atoms with E-state index in [1.807, 2.05) is 34.6 Å². The molecule has 0 saturated heterocycles. The summed E-state index contributed by atoms with van der Waals surface area (Å²) in [6, 6.07) is 3.61. The van der Waals surface area contributed by atoms with Crippen LogP contribution in [-0.2, 0) is 35.0 Å². The Balaban J connectivity index is 2.82. The number of hydrogen-bond acceptors (Lipinski definition) is 10. The number of carbonyl (C=O) groups is 4. The minimum absolute atomic E-state index is 0.0685. The van der Waals surface area contributed by atoms with Crippen molar-refractivity contribution in [2.75, 3.05) is 6.61 Å². The largest absolute Gasteiger partial charge is 0.508 e. The Bertz CT molecular complexity index is 913. The molecule has 0 aliphatic rings. The lowest BCUT2D eigenvalue weighted by molar-refractivity contribution is -0.148. The molecule has 1 unspecified atom stereocenters. The van der Waals surface area contributed by atoms with E-state index in [0.29, 0.717) is 12.0 Å². The molecule has 0 radical (unpaired) electrons. The van der Waals surface area contributed by atoms with Gasteiger partial charge in [0.25, 0.3) is 0 Å². The minimum Gasteiger partial charge on any atom is -0.461 e. The van der Waals surface area contributed by atoms with Gasteiger partial charge in [0.05, 0.1) is 0 Å². The van der Waals surface area contributed by atoms with Gasteiger partial charge in [0, 0.05) is 12.8 Å². The lowest BCUT2D eigenvalue weighted by Crippen LogP contribution is -2.36. The first-order chi connectivity index (χ1) is 17.3. The lowest BCUT2D eigenvalue weighted by Gasteiger charge is -2.18. The molecule has 0 aromatic heterocycles. The van der Waals surface area contributed by atoms with Gasteiger partial charge in [-0.15, -0.1) is 0 Å². The Morgan fingerprint density at radius 3 is 1.89 bits per heavy atom. The van der Waals surface area contributed by atoms with E-state index in [-0.39, 0.29) is 55.3 Å². The van der Waals surface area contributed by atoms with Crippen LogP contribution in [0.25, 0.3) is 0 Å². The highest BCUT2D eigenvalue weighted by molar-refractivity contribution is 5.77. The summed E-state index contributed by atoms with van der Waals surface area (Å²) in [7, 11) is 0. The van der Waals surface area contributed by atoms with Crippen LogP contribution in [-0.4, -0.2) is 48.9 Å². The van der Waals surface area contributed by atoms with Crippen LogP contribution in [0, 0.1) is 11.8 Å². The van der Waals surface area contributed by atoms with Crippen molar-refractivity contribution in [2.45, 2.75) is 92.4 Å². The van der Waals surface area contributed by atoms with Crippen LogP contribution >= 0.6 is 0 Å². The summed E-state index contributed by atoms with van der Waals surface area (Å²) in [6.07, 6.45) is -0.742. The van der Waals surface area contributed by atoms with Gasteiger partial charge in [-0.1, -0.05) is 40.7 Å². The van der Waals surface area contributed by atoms with E-state index in [1.165, 1.54) is 12.1 Å². The quantitative estimate of drug-likeness (QED) is 0.276. The predicted octanol–water partition coefficient (Wildman–Crippen LogP) is 4.34. The average Bonchev–Trinajstić information content (AvgIpc) is 2.77. The normalized spacial score (nSPS) is 13.5. The van der Waals surface area contributed by atoms with E-state index in [4.69, 9.17) is 29.4 Å². The fourth-order valence-corrected chi connectivity index (χ4v) is 2.96. The van der Waals surface area contributed by atoms with Crippen LogP contribution in [0.15, 0.2) is 18.2 Å². The number of ether oxygens (including phenoxy) is 5. The summed E-state index contributed by atoms with van der Waals surface area (Å²) in [5.41, 5.74) is 6.58. The molecular formula is C27H41NO9. The Kier molecular flexibility index (Phi) is 13.7. The molecule has 0 bridgehead atoms. The van der Waals surface area contributed by atoms with Crippen molar-refractivity contribution in [1.29, 1.82) is 0 Å². The van der Waals surface area contributed by atoms with E-state index in [1.54, 1.807) is 19.9 Å². The highest BCUT2D eigenvalue weighted by atomic mass is 16.7. The Hall–Kier alpha value is -3.14. The molecule has 3 atom stereocenters. The molecule has 10 nitrogen and oxygen atoms in total. The molecule has 0 heterocycles. The molecule has 0 amide bonds. The fourth-order valence-electron chi connectivity index (χ4n) is 2.96. The van der Waals surface area contributed by atoms with Crippen molar-refractivity contribution in [3.05, 3.63) is 23.8 Å². The molecule has 208 valence electrons. The summed E-state index contributed by atoms with van der Waals surface area (Å²) in [5.74, 6) is -1.26. The van der Waals surface area contributed by atoms with Crippen LogP contribution < -0.4 is 15.2 Å². The fraction of sp³-hybridized carbons (Fsp3) is 0.630. The molecule has 1 aromatic rings. The van der Waals surface area contributed by atoms with E-state index < -0.39 is 36.2 Å². The molecular weight excluding hydrogens is 482 g/mol. The van der Waals surface area contributed by atoms with Crippen LogP contribution in [0.4, 0.5) is 4.79 Å². The first-order valence-corrected chi connectivity index (χ1v) is 12.6. The van der Waals surface area contributed by atoms with Gasteiger partial charge in [0.2, 0.25) is 0 Å². The maximum absolute atomic E-state index is 12.4. The van der Waals surface area contributed by atoms with Gasteiger partial charge in [0.15, 0.2) is 11.5 Å². The number of benzene rings is 1. The smallest absolute Gasteiger partial charge is 0.461 e. The lowest BCUT2D eigenvalue weighted by atomic mass is 10.1. The maximum atomic E-state index is 12.4. The third-order valence-electron chi connectivity index (χ3n) is 4.99. The number of rotatable bonds is 14. The first kappa shape index (κ1) is 31.9. The van der Waals surface area contributed by atoms with Crippen molar-refractivity contribution < 1.29 is 42.9 Å². The zero-order chi connectivity index (χ0) is 28.1. The summed E-state index contributed by atoms with van der Waals surface area (Å²) in [5, 5.41) is 0. The Morgan fingerprint density at radius 1 is 0.811 bits per heavy atom. The van der Waals surface area contributed by atoms with Crippen LogP contribution in [0.5, 0.6) is 11.5 Å². The van der Waals surface area contributed by atoms with Crippen molar-refractivity contribution in [2.24, 2.45) is 17.6 Å². The number of hydrogen-bond donors (Lipinski definition) is 1. The standard InChI is InChI=1S/C27H41NO9/c1-8-18(6)34-27(32)35-19(7)15-33-26(31)21(28)13-20-9-10-22(36-24(29)11-16(2)3)23(14-20)37-25(30)12-17(4)5/h9-10,14,16-19,21H,8,11-13,15,28H2,1-7H3/t18?,19-,21-/m0/s1. The minimum atomic E-state index is -1.03. The second-order valence-corrected chi connectivity index (χ2v) is 9.88. The second kappa shape index (κ2) is 15.9. The van der Waals surface area contributed by atoms with Gasteiger partial charge in [0.1, 0.15) is 24.9 Å². The van der Waals surface area contributed by atoms with E-state index in [0.717, 1.165) is 0 Å². The zero-order valence-corrected chi connectivity index (χ0v) is 22.9. The molecule has 1 aromatic carbocycles. The van der Waals surface area contributed by atoms with Crippen LogP contribution in [0.1, 0.15) is 73.3 Å². The summed E-state index contributed by atoms with van der Waals surface area (Å²) >= 11 is 0. The van der Waals surface area contributed by atoms with E-state index in [2.05, 4.69) is 0 Å². The highest BCUT2D eigenvalue weighted by Crippen LogP contribution is 2.30. The second-order valence-electron chi connectivity index (χ2n) is 9.88. The van der Waals surface area contributed by atoms with Gasteiger partial charge in [-0.25, -0.2) is 4.79 Å². The van der Waals surface area contributed by atoms with Gasteiger partial charge >= 0.3 is 24.1 Å². The highest BCUT2D eigenvalue weighted by Gasteiger charge is 2.21. The first-order valence-electron chi connectivity index (χ1n) is 12.6. The third kappa shape index (κ3) is 13.1. The Labute approximate surface area is 219 Å². The van der Waals surface area contributed by atoms with Gasteiger partial charge in [-0.2, -0.15) is 0 Å². The molecule has 1 rings (SSSR count). The molecule has 0 aliphatic heterocycles. The predicted molar refractivity (Wildman–Crippen MR) is 136 cm³/mol. The number of nitrogens with two attached hydrogens (primary N) is 1. The van der Waals surface area contributed by atoms with Gasteiger partial charge < -0.3 is 29.4 Å². The molecule has 0 fully saturated rings. The number of esters is 3. The number of carbonyl (C=O) groups excluding carboxylic acids is 4. The molecule has 0 spiro atoms. The van der Waals surface area contributed by atoms with Crippen molar-refractivity contribution in [3.8, 4) is 11.5 Å². The van der Waals surface area contributed by atoms with Gasteiger partial charge in [-0.3, -0.25) is 14.4 Å². The van der Waals surface area contributed by atoms with Crippen molar-refractivity contribution in [1.82, 2.24) is 0 Å². The summed E-state index contributed by atoms with van der Waals surface area (Å²) < 4.78 is 26.1. The molecule has 0 saturated carbocycles. The van der Waals surface area contributed by atoms with Crippen molar-refractivity contribution in [3.63, 3.8) is 0 Å². The van der Waals surface area contributed by atoms with Crippen molar-refractivity contribution >= 4 is 24.1 Å². The monoisotopic (exact) mass is 523 g/mol. The molecule has 0 aliphatic carbocycles. The van der Waals surface area contributed by atoms with E-state index in [9.17, 15) is 19.2 Å². The maximum Gasteiger partial charge on any atom is 0.508 e.